The molecule has 4 N–H and O–H groups in total. The maximum Gasteiger partial charge on any atom is 0.234 e. The normalized spacial score (nSPS) is 26.6. The van der Waals surface area contributed by atoms with E-state index in [0.717, 1.165) is 0 Å². The van der Waals surface area contributed by atoms with Gasteiger partial charge in [-0.3, -0.25) is 4.79 Å². The monoisotopic (exact) mass is 263 g/mol. The van der Waals surface area contributed by atoms with Gasteiger partial charge >= 0.3 is 0 Å². The first-order valence-electron chi connectivity index (χ1n) is 6.11. The molecule has 102 valence electrons. The van der Waals surface area contributed by atoms with E-state index in [-0.39, 0.29) is 18.3 Å². The van der Waals surface area contributed by atoms with Gasteiger partial charge in [-0.1, -0.05) is 12.1 Å². The van der Waals surface area contributed by atoms with Crippen LogP contribution in [0.25, 0.3) is 0 Å². The minimum Gasteiger partial charge on any atom is -0.409 e. The van der Waals surface area contributed by atoms with E-state index < -0.39 is 5.41 Å². The Kier molecular flexibility index (Phi) is 3.64. The molecule has 0 spiro atoms. The fraction of sp³-hybridized carbons (Fsp3) is 0.500. The van der Waals surface area contributed by atoms with Crippen LogP contribution in [0.15, 0.2) is 23.5 Å². The Morgan fingerprint density at radius 1 is 1.68 bits per heavy atom. The molecule has 1 aliphatic carbocycles. The Morgan fingerprint density at radius 3 is 2.95 bits per heavy atom. The third-order valence-electron chi connectivity index (χ3n) is 3.48. The highest BCUT2D eigenvalue weighted by Gasteiger charge is 2.52. The molecule has 7 nitrogen and oxygen atoms in total. The van der Waals surface area contributed by atoms with Crippen LogP contribution in [-0.2, 0) is 11.3 Å². The molecule has 19 heavy (non-hydrogen) atoms. The van der Waals surface area contributed by atoms with Crippen LogP contribution in [0.3, 0.4) is 0 Å². The number of rotatable bonds is 4. The third-order valence-corrected chi connectivity index (χ3v) is 3.48. The van der Waals surface area contributed by atoms with Crippen molar-refractivity contribution < 1.29 is 10.0 Å². The van der Waals surface area contributed by atoms with Gasteiger partial charge in [0.25, 0.3) is 0 Å². The van der Waals surface area contributed by atoms with Gasteiger partial charge in [0.05, 0.1) is 12.2 Å². The van der Waals surface area contributed by atoms with E-state index >= 15 is 0 Å². The first-order chi connectivity index (χ1) is 9.08. The SMILES string of the molecule is CC1CC(C(=O)NCc2cccnn2)(/C(N)=N/O)C1. The first kappa shape index (κ1) is 13.3. The Bertz CT molecular complexity index is 482. The summed E-state index contributed by atoms with van der Waals surface area (Å²) in [4.78, 5) is 12.2. The summed E-state index contributed by atoms with van der Waals surface area (Å²) in [6, 6.07) is 3.52. The average Bonchev–Trinajstić information content (AvgIpc) is 2.41. The summed E-state index contributed by atoms with van der Waals surface area (Å²) in [7, 11) is 0. The fourth-order valence-electron chi connectivity index (χ4n) is 2.50. The standard InChI is InChI=1S/C12H17N5O2/c1-8-5-12(6-8,10(13)17-19)11(18)14-7-9-3-2-4-15-16-9/h2-4,8,19H,5-7H2,1H3,(H2,13,17)(H,14,18). The van der Waals surface area contributed by atoms with Crippen molar-refractivity contribution in [3.63, 3.8) is 0 Å². The zero-order valence-electron chi connectivity index (χ0n) is 10.7. The zero-order chi connectivity index (χ0) is 13.9. The van der Waals surface area contributed by atoms with Crippen molar-refractivity contribution in [1.29, 1.82) is 0 Å². The van der Waals surface area contributed by atoms with Crippen LogP contribution in [0, 0.1) is 11.3 Å². The van der Waals surface area contributed by atoms with Crippen molar-refractivity contribution in [2.45, 2.75) is 26.3 Å². The number of amides is 1. The topological polar surface area (TPSA) is 113 Å². The van der Waals surface area contributed by atoms with Gasteiger partial charge in [-0.05, 0) is 30.9 Å². The second kappa shape index (κ2) is 5.21. The lowest BCUT2D eigenvalue weighted by molar-refractivity contribution is -0.133. The molecular formula is C12H17N5O2. The Balaban J connectivity index is 2.02. The van der Waals surface area contributed by atoms with E-state index in [2.05, 4.69) is 20.7 Å². The highest BCUT2D eigenvalue weighted by atomic mass is 16.4. The Morgan fingerprint density at radius 2 is 2.42 bits per heavy atom. The molecule has 0 radical (unpaired) electrons. The van der Waals surface area contributed by atoms with E-state index in [0.29, 0.717) is 24.5 Å². The van der Waals surface area contributed by atoms with E-state index in [9.17, 15) is 4.79 Å². The number of carbonyl (C=O) groups is 1. The number of oxime groups is 1. The highest BCUT2D eigenvalue weighted by Crippen LogP contribution is 2.45. The summed E-state index contributed by atoms with van der Waals surface area (Å²) in [5.41, 5.74) is 5.44. The molecular weight excluding hydrogens is 246 g/mol. The van der Waals surface area contributed by atoms with Crippen LogP contribution in [0.1, 0.15) is 25.5 Å². The maximum atomic E-state index is 12.2. The lowest BCUT2D eigenvalue weighted by atomic mass is 9.61. The number of hydrogen-bond acceptors (Lipinski definition) is 5. The summed E-state index contributed by atoms with van der Waals surface area (Å²) < 4.78 is 0. The summed E-state index contributed by atoms with van der Waals surface area (Å²) in [5, 5.41) is 22.2. The summed E-state index contributed by atoms with van der Waals surface area (Å²) >= 11 is 0. The fourth-order valence-corrected chi connectivity index (χ4v) is 2.50. The first-order valence-corrected chi connectivity index (χ1v) is 6.11. The number of carbonyl (C=O) groups excluding carboxylic acids is 1. The molecule has 1 aromatic rings. The van der Waals surface area contributed by atoms with E-state index in [1.54, 1.807) is 18.3 Å². The van der Waals surface area contributed by atoms with Crippen molar-refractivity contribution in [2.75, 3.05) is 0 Å². The Hall–Kier alpha value is -2.18. The predicted octanol–water partition coefficient (Wildman–Crippen LogP) is 0.256. The molecule has 0 aliphatic heterocycles. The smallest absolute Gasteiger partial charge is 0.234 e. The van der Waals surface area contributed by atoms with Gasteiger partial charge < -0.3 is 16.3 Å². The maximum absolute atomic E-state index is 12.2. The molecule has 0 unspecified atom stereocenters. The molecule has 7 heteroatoms. The minimum atomic E-state index is -0.879. The van der Waals surface area contributed by atoms with Crippen molar-refractivity contribution in [3.05, 3.63) is 24.0 Å². The summed E-state index contributed by atoms with van der Waals surface area (Å²) in [5.74, 6) is 0.136. The third kappa shape index (κ3) is 2.49. The number of amidine groups is 1. The van der Waals surface area contributed by atoms with Crippen LogP contribution in [0.2, 0.25) is 0 Å². The van der Waals surface area contributed by atoms with E-state index in [1.807, 2.05) is 6.92 Å². The number of nitrogens with one attached hydrogen (secondary N) is 1. The van der Waals surface area contributed by atoms with Gasteiger partial charge in [0.15, 0.2) is 5.84 Å². The van der Waals surface area contributed by atoms with Crippen LogP contribution in [0.5, 0.6) is 0 Å². The van der Waals surface area contributed by atoms with Crippen molar-refractivity contribution in [1.82, 2.24) is 15.5 Å². The second-order valence-corrected chi connectivity index (χ2v) is 4.98. The van der Waals surface area contributed by atoms with Gasteiger partial charge in [-0.25, -0.2) is 0 Å². The van der Waals surface area contributed by atoms with Gasteiger partial charge in [-0.2, -0.15) is 10.2 Å². The number of hydrogen-bond donors (Lipinski definition) is 3. The molecule has 1 heterocycles. The minimum absolute atomic E-state index is 0.0257. The molecule has 1 saturated carbocycles. The summed E-state index contributed by atoms with van der Waals surface area (Å²) in [6.07, 6.45) is 2.75. The van der Waals surface area contributed by atoms with Crippen molar-refractivity contribution >= 4 is 11.7 Å². The van der Waals surface area contributed by atoms with E-state index in [1.165, 1.54) is 0 Å². The molecule has 2 rings (SSSR count). The van der Waals surface area contributed by atoms with Crippen LogP contribution in [0.4, 0.5) is 0 Å². The predicted molar refractivity (Wildman–Crippen MR) is 68.1 cm³/mol. The Labute approximate surface area is 110 Å². The molecule has 1 amide bonds. The lowest BCUT2D eigenvalue weighted by Gasteiger charge is -2.43. The molecule has 0 aromatic carbocycles. The largest absolute Gasteiger partial charge is 0.409 e. The van der Waals surface area contributed by atoms with Crippen LogP contribution >= 0.6 is 0 Å². The number of nitrogens with zero attached hydrogens (tertiary/aromatic N) is 3. The molecule has 0 bridgehead atoms. The quantitative estimate of drug-likeness (QED) is 0.312. The highest BCUT2D eigenvalue weighted by molar-refractivity contribution is 6.07. The van der Waals surface area contributed by atoms with Crippen molar-refractivity contribution in [3.8, 4) is 0 Å². The molecule has 1 aromatic heterocycles. The molecule has 1 aliphatic rings. The van der Waals surface area contributed by atoms with Crippen molar-refractivity contribution in [2.24, 2.45) is 22.2 Å². The molecule has 1 fully saturated rings. The number of aromatic nitrogens is 2. The average molecular weight is 263 g/mol. The van der Waals surface area contributed by atoms with Gasteiger partial charge in [-0.15, -0.1) is 0 Å². The number of nitrogens with two attached hydrogens (primary N) is 1. The van der Waals surface area contributed by atoms with Crippen LogP contribution in [-0.4, -0.2) is 27.1 Å². The summed E-state index contributed by atoms with van der Waals surface area (Å²) in [6.45, 7) is 2.31. The zero-order valence-corrected chi connectivity index (χ0v) is 10.7. The lowest BCUT2D eigenvalue weighted by Crippen LogP contribution is -2.56. The van der Waals surface area contributed by atoms with Gasteiger partial charge in [0, 0.05) is 6.20 Å². The second-order valence-electron chi connectivity index (χ2n) is 4.98. The van der Waals surface area contributed by atoms with Gasteiger partial charge in [0.2, 0.25) is 5.91 Å². The molecule has 0 atom stereocenters. The van der Waals surface area contributed by atoms with Crippen LogP contribution < -0.4 is 11.1 Å². The van der Waals surface area contributed by atoms with E-state index in [4.69, 9.17) is 10.9 Å². The molecule has 0 saturated heterocycles. The van der Waals surface area contributed by atoms with Gasteiger partial charge in [0.1, 0.15) is 5.41 Å².